The van der Waals surface area contributed by atoms with Gasteiger partial charge in [-0.1, -0.05) is 12.1 Å². The number of nitrogens with zero attached hydrogens (tertiary/aromatic N) is 3. The van der Waals surface area contributed by atoms with Crippen LogP contribution in [0.2, 0.25) is 0 Å². The summed E-state index contributed by atoms with van der Waals surface area (Å²) in [5.41, 5.74) is 0.957. The minimum Gasteiger partial charge on any atom is -0.367 e. The van der Waals surface area contributed by atoms with Crippen LogP contribution in [0, 0.1) is 5.82 Å². The van der Waals surface area contributed by atoms with Gasteiger partial charge in [-0.15, -0.1) is 0 Å². The fourth-order valence-corrected chi connectivity index (χ4v) is 4.28. The summed E-state index contributed by atoms with van der Waals surface area (Å²) in [6, 6.07) is 6.82. The van der Waals surface area contributed by atoms with Gasteiger partial charge in [-0.2, -0.15) is 0 Å². The minimum atomic E-state index is -0.248. The van der Waals surface area contributed by atoms with Crippen LogP contribution in [0.1, 0.15) is 58.1 Å². The van der Waals surface area contributed by atoms with Crippen molar-refractivity contribution in [3.8, 4) is 0 Å². The molecule has 6 nitrogen and oxygen atoms in total. The SMILES string of the molecule is CCNC(=NCCC(=O)N1CCCCC1C)N1CC(C)OC(c2ccc(F)cc2)C1. The first-order valence-electron chi connectivity index (χ1n) is 11.2. The first kappa shape index (κ1) is 22.5. The largest absolute Gasteiger partial charge is 0.367 e. The van der Waals surface area contributed by atoms with Crippen LogP contribution in [-0.2, 0) is 9.53 Å². The predicted octanol–water partition coefficient (Wildman–Crippen LogP) is 3.34. The molecule has 3 unspecified atom stereocenters. The maximum absolute atomic E-state index is 13.3. The number of likely N-dealkylation sites (tertiary alicyclic amines) is 1. The van der Waals surface area contributed by atoms with E-state index in [1.54, 1.807) is 12.1 Å². The Bertz CT molecular complexity index is 724. The maximum Gasteiger partial charge on any atom is 0.224 e. The number of carbonyl (C=O) groups excluding carboxylic acids is 1. The Kier molecular flexibility index (Phi) is 8.08. The predicted molar refractivity (Wildman–Crippen MR) is 117 cm³/mol. The van der Waals surface area contributed by atoms with E-state index in [1.807, 2.05) is 18.7 Å². The summed E-state index contributed by atoms with van der Waals surface area (Å²) in [5.74, 6) is 0.752. The first-order valence-corrected chi connectivity index (χ1v) is 11.2. The number of halogens is 1. The van der Waals surface area contributed by atoms with Gasteiger partial charge in [0.2, 0.25) is 5.91 Å². The number of ether oxygens (including phenoxy) is 1. The number of amides is 1. The average Bonchev–Trinajstić information content (AvgIpc) is 2.73. The molecule has 1 N–H and O–H groups in total. The van der Waals surface area contributed by atoms with Crippen molar-refractivity contribution in [2.45, 2.75) is 64.7 Å². The zero-order valence-corrected chi connectivity index (χ0v) is 18.4. The van der Waals surface area contributed by atoms with Crippen LogP contribution in [-0.4, -0.2) is 66.5 Å². The molecule has 2 saturated heterocycles. The molecule has 1 aromatic carbocycles. The van der Waals surface area contributed by atoms with E-state index in [1.165, 1.54) is 18.6 Å². The summed E-state index contributed by atoms with van der Waals surface area (Å²) in [7, 11) is 0. The Balaban J connectivity index is 1.63. The second-order valence-electron chi connectivity index (χ2n) is 8.31. The standard InChI is InChI=1S/C23H35FN4O2/c1-4-25-23(26-13-12-22(29)28-14-6-5-7-17(28)2)27-15-18(3)30-21(16-27)19-8-10-20(24)11-9-19/h8-11,17-18,21H,4-7,12-16H2,1-3H3,(H,25,26). The third-order valence-corrected chi connectivity index (χ3v) is 5.85. The van der Waals surface area contributed by atoms with Gasteiger partial charge in [0, 0.05) is 32.1 Å². The van der Waals surface area contributed by atoms with E-state index in [-0.39, 0.29) is 23.9 Å². The molecule has 166 valence electrons. The molecule has 3 atom stereocenters. The zero-order valence-electron chi connectivity index (χ0n) is 18.4. The van der Waals surface area contributed by atoms with E-state index in [0.29, 0.717) is 25.6 Å². The van der Waals surface area contributed by atoms with Crippen molar-refractivity contribution in [1.82, 2.24) is 15.1 Å². The van der Waals surface area contributed by atoms with Crippen LogP contribution >= 0.6 is 0 Å². The van der Waals surface area contributed by atoms with Crippen molar-refractivity contribution in [3.63, 3.8) is 0 Å². The second kappa shape index (κ2) is 10.8. The van der Waals surface area contributed by atoms with Gasteiger partial charge < -0.3 is 19.9 Å². The van der Waals surface area contributed by atoms with Gasteiger partial charge in [-0.05, 0) is 57.7 Å². The number of aliphatic imine (C=N–C) groups is 1. The maximum atomic E-state index is 13.3. The van der Waals surface area contributed by atoms with Crippen LogP contribution in [0.5, 0.6) is 0 Å². The molecule has 2 heterocycles. The van der Waals surface area contributed by atoms with E-state index >= 15 is 0 Å². The highest BCUT2D eigenvalue weighted by molar-refractivity contribution is 5.81. The fourth-order valence-electron chi connectivity index (χ4n) is 4.28. The van der Waals surface area contributed by atoms with Crippen molar-refractivity contribution in [2.24, 2.45) is 4.99 Å². The Labute approximate surface area is 179 Å². The summed E-state index contributed by atoms with van der Waals surface area (Å²) in [5, 5.41) is 3.35. The van der Waals surface area contributed by atoms with Crippen molar-refractivity contribution in [3.05, 3.63) is 35.6 Å². The quantitative estimate of drug-likeness (QED) is 0.589. The van der Waals surface area contributed by atoms with E-state index < -0.39 is 0 Å². The lowest BCUT2D eigenvalue weighted by Crippen LogP contribution is -2.50. The van der Waals surface area contributed by atoms with Crippen LogP contribution in [0.4, 0.5) is 4.39 Å². The molecule has 2 aliphatic rings. The van der Waals surface area contributed by atoms with Crippen molar-refractivity contribution >= 4 is 11.9 Å². The molecule has 30 heavy (non-hydrogen) atoms. The number of nitrogens with one attached hydrogen (secondary N) is 1. The van der Waals surface area contributed by atoms with Crippen molar-refractivity contribution in [1.29, 1.82) is 0 Å². The van der Waals surface area contributed by atoms with Crippen LogP contribution in [0.15, 0.2) is 29.3 Å². The van der Waals surface area contributed by atoms with Gasteiger partial charge in [-0.3, -0.25) is 9.79 Å². The number of carbonyl (C=O) groups is 1. The molecule has 0 aliphatic carbocycles. The van der Waals surface area contributed by atoms with Gasteiger partial charge in [-0.25, -0.2) is 4.39 Å². The zero-order chi connectivity index (χ0) is 21.5. The lowest BCUT2D eigenvalue weighted by Gasteiger charge is -2.38. The molecular weight excluding hydrogens is 383 g/mol. The summed E-state index contributed by atoms with van der Waals surface area (Å²) in [4.78, 5) is 21.5. The topological polar surface area (TPSA) is 57.2 Å². The highest BCUT2D eigenvalue weighted by Crippen LogP contribution is 2.25. The summed E-state index contributed by atoms with van der Waals surface area (Å²) < 4.78 is 19.4. The van der Waals surface area contributed by atoms with Gasteiger partial charge in [0.15, 0.2) is 5.96 Å². The Morgan fingerprint density at radius 1 is 1.23 bits per heavy atom. The Hall–Kier alpha value is -2.15. The molecule has 0 saturated carbocycles. The van der Waals surface area contributed by atoms with Gasteiger partial charge in [0.1, 0.15) is 11.9 Å². The molecule has 2 fully saturated rings. The number of morpholine rings is 1. The normalized spacial score (nSPS) is 25.3. The average molecular weight is 419 g/mol. The van der Waals surface area contributed by atoms with E-state index in [0.717, 1.165) is 44.0 Å². The first-order chi connectivity index (χ1) is 14.5. The molecule has 0 radical (unpaired) electrons. The van der Waals surface area contributed by atoms with Crippen molar-refractivity contribution < 1.29 is 13.9 Å². The monoisotopic (exact) mass is 418 g/mol. The molecule has 0 bridgehead atoms. The summed E-state index contributed by atoms with van der Waals surface area (Å²) in [6.07, 6.45) is 3.70. The Morgan fingerprint density at radius 2 is 2.00 bits per heavy atom. The molecule has 1 amide bonds. The molecule has 1 aromatic rings. The van der Waals surface area contributed by atoms with E-state index in [2.05, 4.69) is 17.1 Å². The lowest BCUT2D eigenvalue weighted by molar-refractivity contribution is -0.134. The highest BCUT2D eigenvalue weighted by Gasteiger charge is 2.28. The molecule has 2 aliphatic heterocycles. The number of hydrogen-bond donors (Lipinski definition) is 1. The third-order valence-electron chi connectivity index (χ3n) is 5.85. The third kappa shape index (κ3) is 5.94. The number of rotatable bonds is 5. The summed E-state index contributed by atoms with van der Waals surface area (Å²) >= 11 is 0. The smallest absolute Gasteiger partial charge is 0.224 e. The number of benzene rings is 1. The van der Waals surface area contributed by atoms with E-state index in [9.17, 15) is 9.18 Å². The van der Waals surface area contributed by atoms with Gasteiger partial charge in [0.05, 0.1) is 19.2 Å². The molecular formula is C23H35FN4O2. The fraction of sp³-hybridized carbons (Fsp3) is 0.652. The van der Waals surface area contributed by atoms with Crippen LogP contribution in [0.3, 0.4) is 0 Å². The van der Waals surface area contributed by atoms with Crippen molar-refractivity contribution in [2.75, 3.05) is 32.7 Å². The van der Waals surface area contributed by atoms with Gasteiger partial charge in [0.25, 0.3) is 0 Å². The minimum absolute atomic E-state index is 0.0218. The number of hydrogen-bond acceptors (Lipinski definition) is 3. The number of piperidine rings is 1. The Morgan fingerprint density at radius 3 is 2.70 bits per heavy atom. The van der Waals surface area contributed by atoms with Crippen LogP contribution < -0.4 is 5.32 Å². The number of guanidine groups is 1. The molecule has 7 heteroatoms. The molecule has 3 rings (SSSR count). The second-order valence-corrected chi connectivity index (χ2v) is 8.31. The van der Waals surface area contributed by atoms with Crippen LogP contribution in [0.25, 0.3) is 0 Å². The van der Waals surface area contributed by atoms with Gasteiger partial charge >= 0.3 is 0 Å². The molecule has 0 spiro atoms. The molecule has 0 aromatic heterocycles. The lowest BCUT2D eigenvalue weighted by atomic mass is 10.0. The summed E-state index contributed by atoms with van der Waals surface area (Å²) in [6.45, 7) is 9.66. The van der Waals surface area contributed by atoms with E-state index in [4.69, 9.17) is 9.73 Å². The highest BCUT2D eigenvalue weighted by atomic mass is 19.1.